The number of hydrogen-bond donors (Lipinski definition) is 1. The maximum atomic E-state index is 12.3. The van der Waals surface area contributed by atoms with Gasteiger partial charge in [0.05, 0.1) is 6.54 Å². The van der Waals surface area contributed by atoms with Gasteiger partial charge in [0.25, 0.3) is 5.91 Å². The molecule has 2 aromatic rings. The molecule has 2 rings (SSSR count). The van der Waals surface area contributed by atoms with E-state index in [4.69, 9.17) is 4.42 Å². The maximum absolute atomic E-state index is 12.3. The van der Waals surface area contributed by atoms with Crippen molar-refractivity contribution in [3.8, 4) is 0 Å². The van der Waals surface area contributed by atoms with E-state index in [2.05, 4.69) is 68.0 Å². The normalized spacial score (nSPS) is 12.8. The summed E-state index contributed by atoms with van der Waals surface area (Å²) in [4.78, 5) is 21.1. The number of rotatable bonds is 10. The molecule has 6 nitrogen and oxygen atoms in total. The second-order valence-electron chi connectivity index (χ2n) is 8.51. The van der Waals surface area contributed by atoms with Crippen LogP contribution in [0.1, 0.15) is 53.8 Å². The third-order valence-corrected chi connectivity index (χ3v) is 5.38. The van der Waals surface area contributed by atoms with E-state index in [0.29, 0.717) is 36.6 Å². The van der Waals surface area contributed by atoms with Crippen LogP contribution >= 0.6 is 0 Å². The SMILES string of the molecule is Cc1ccc(CN(Cc2nc(C(=O)NCCN(C)C)co2)C(C)C(C)C)c(C)c1. The number of oxazole rings is 1. The quantitative estimate of drug-likeness (QED) is 0.660. The summed E-state index contributed by atoms with van der Waals surface area (Å²) < 4.78 is 5.64. The summed E-state index contributed by atoms with van der Waals surface area (Å²) >= 11 is 0. The van der Waals surface area contributed by atoms with E-state index in [9.17, 15) is 4.79 Å². The molecule has 0 fully saturated rings. The average Bonchev–Trinajstić information content (AvgIpc) is 3.10. The van der Waals surface area contributed by atoms with E-state index in [0.717, 1.165) is 13.1 Å². The molecule has 1 heterocycles. The Kier molecular flexibility index (Phi) is 8.41. The average molecular weight is 401 g/mol. The first-order valence-electron chi connectivity index (χ1n) is 10.3. The third-order valence-electron chi connectivity index (χ3n) is 5.38. The molecule has 0 aliphatic carbocycles. The largest absolute Gasteiger partial charge is 0.447 e. The van der Waals surface area contributed by atoms with Crippen LogP contribution in [0.15, 0.2) is 28.9 Å². The zero-order chi connectivity index (χ0) is 21.6. The van der Waals surface area contributed by atoms with Crippen molar-refractivity contribution in [2.45, 2.75) is 53.8 Å². The smallest absolute Gasteiger partial charge is 0.273 e. The summed E-state index contributed by atoms with van der Waals surface area (Å²) in [5, 5.41) is 2.87. The topological polar surface area (TPSA) is 61.6 Å². The lowest BCUT2D eigenvalue weighted by Gasteiger charge is -2.31. The Morgan fingerprint density at radius 3 is 2.52 bits per heavy atom. The number of carbonyl (C=O) groups is 1. The molecule has 1 aromatic carbocycles. The minimum atomic E-state index is -0.195. The van der Waals surface area contributed by atoms with Crippen LogP contribution in [0.5, 0.6) is 0 Å². The second kappa shape index (κ2) is 10.6. The van der Waals surface area contributed by atoms with Gasteiger partial charge in [0.2, 0.25) is 5.89 Å². The monoisotopic (exact) mass is 400 g/mol. The fourth-order valence-corrected chi connectivity index (χ4v) is 3.15. The number of benzene rings is 1. The van der Waals surface area contributed by atoms with Crippen LogP contribution in [-0.2, 0) is 13.1 Å². The van der Waals surface area contributed by atoms with Crippen LogP contribution in [-0.4, -0.2) is 53.9 Å². The zero-order valence-corrected chi connectivity index (χ0v) is 19.0. The Balaban J connectivity index is 2.09. The summed E-state index contributed by atoms with van der Waals surface area (Å²) in [5.41, 5.74) is 4.20. The van der Waals surface area contributed by atoms with E-state index in [1.807, 2.05) is 19.0 Å². The van der Waals surface area contributed by atoms with Gasteiger partial charge in [-0.25, -0.2) is 4.98 Å². The van der Waals surface area contributed by atoms with Crippen molar-refractivity contribution in [3.05, 3.63) is 52.7 Å². The Bertz CT molecular complexity index is 798. The molecule has 0 radical (unpaired) electrons. The van der Waals surface area contributed by atoms with Gasteiger partial charge in [-0.2, -0.15) is 0 Å². The summed E-state index contributed by atoms with van der Waals surface area (Å²) in [5.74, 6) is 0.865. The summed E-state index contributed by atoms with van der Waals surface area (Å²) in [6.45, 7) is 13.7. The third kappa shape index (κ3) is 6.98. The number of hydrogen-bond acceptors (Lipinski definition) is 5. The first-order chi connectivity index (χ1) is 13.7. The van der Waals surface area contributed by atoms with E-state index in [1.165, 1.54) is 23.0 Å². The van der Waals surface area contributed by atoms with Crippen LogP contribution in [0.3, 0.4) is 0 Å². The molecule has 160 valence electrons. The van der Waals surface area contributed by atoms with Crippen molar-refractivity contribution in [2.75, 3.05) is 27.2 Å². The molecule has 0 saturated carbocycles. The molecule has 0 saturated heterocycles. The number of amides is 1. The van der Waals surface area contributed by atoms with E-state index in [-0.39, 0.29) is 5.91 Å². The Labute approximate surface area is 175 Å². The molecule has 1 N–H and O–H groups in total. The molecular formula is C23H36N4O2. The summed E-state index contributed by atoms with van der Waals surface area (Å²) in [6.07, 6.45) is 1.45. The highest BCUT2D eigenvalue weighted by Gasteiger charge is 2.21. The maximum Gasteiger partial charge on any atom is 0.273 e. The minimum Gasteiger partial charge on any atom is -0.447 e. The van der Waals surface area contributed by atoms with Gasteiger partial charge in [-0.15, -0.1) is 0 Å². The first-order valence-corrected chi connectivity index (χ1v) is 10.3. The molecule has 0 aliphatic heterocycles. The molecular weight excluding hydrogens is 364 g/mol. The van der Waals surface area contributed by atoms with Crippen molar-refractivity contribution in [2.24, 2.45) is 5.92 Å². The Morgan fingerprint density at radius 2 is 1.90 bits per heavy atom. The molecule has 0 aliphatic rings. The fourth-order valence-electron chi connectivity index (χ4n) is 3.15. The van der Waals surface area contributed by atoms with Crippen molar-refractivity contribution < 1.29 is 9.21 Å². The Hall–Kier alpha value is -2.18. The predicted octanol–water partition coefficient (Wildman–Crippen LogP) is 3.63. The highest BCUT2D eigenvalue weighted by molar-refractivity contribution is 5.91. The highest BCUT2D eigenvalue weighted by Crippen LogP contribution is 2.20. The summed E-state index contributed by atoms with van der Waals surface area (Å²) in [7, 11) is 3.95. The zero-order valence-electron chi connectivity index (χ0n) is 19.0. The van der Waals surface area contributed by atoms with Gasteiger partial charge < -0.3 is 14.6 Å². The summed E-state index contributed by atoms with van der Waals surface area (Å²) in [6, 6.07) is 6.92. The van der Waals surface area contributed by atoms with Crippen LogP contribution in [0, 0.1) is 19.8 Å². The van der Waals surface area contributed by atoms with Gasteiger partial charge in [-0.1, -0.05) is 37.6 Å². The van der Waals surface area contributed by atoms with Crippen LogP contribution in [0.25, 0.3) is 0 Å². The van der Waals surface area contributed by atoms with Gasteiger partial charge in [-0.05, 0) is 51.9 Å². The Morgan fingerprint density at radius 1 is 1.17 bits per heavy atom. The molecule has 1 aromatic heterocycles. The van der Waals surface area contributed by atoms with Crippen molar-refractivity contribution in [1.82, 2.24) is 20.1 Å². The van der Waals surface area contributed by atoms with Crippen molar-refractivity contribution in [1.29, 1.82) is 0 Å². The molecule has 1 unspecified atom stereocenters. The fraction of sp³-hybridized carbons (Fsp3) is 0.565. The molecule has 1 atom stereocenters. The lowest BCUT2D eigenvalue weighted by molar-refractivity contribution is 0.0945. The number of likely N-dealkylation sites (N-methyl/N-ethyl adjacent to an activating group) is 1. The van der Waals surface area contributed by atoms with Crippen LogP contribution in [0.2, 0.25) is 0 Å². The molecule has 29 heavy (non-hydrogen) atoms. The minimum absolute atomic E-state index is 0.195. The molecule has 1 amide bonds. The number of carbonyl (C=O) groups excluding carboxylic acids is 1. The number of nitrogens with zero attached hydrogens (tertiary/aromatic N) is 3. The molecule has 6 heteroatoms. The second-order valence-corrected chi connectivity index (χ2v) is 8.51. The van der Waals surface area contributed by atoms with Crippen LogP contribution < -0.4 is 5.32 Å². The van der Waals surface area contributed by atoms with Crippen molar-refractivity contribution >= 4 is 5.91 Å². The van der Waals surface area contributed by atoms with Gasteiger partial charge in [-0.3, -0.25) is 9.69 Å². The lowest BCUT2D eigenvalue weighted by Crippen LogP contribution is -2.36. The molecule has 0 spiro atoms. The lowest BCUT2D eigenvalue weighted by atomic mass is 10.0. The van der Waals surface area contributed by atoms with Crippen LogP contribution in [0.4, 0.5) is 0 Å². The van der Waals surface area contributed by atoms with E-state index < -0.39 is 0 Å². The van der Waals surface area contributed by atoms with Gasteiger partial charge in [0.15, 0.2) is 5.69 Å². The first kappa shape index (κ1) is 23.1. The number of aromatic nitrogens is 1. The van der Waals surface area contributed by atoms with E-state index in [1.54, 1.807) is 0 Å². The van der Waals surface area contributed by atoms with Crippen molar-refractivity contribution in [3.63, 3.8) is 0 Å². The standard InChI is InChI=1S/C23H36N4O2/c1-16(2)19(5)27(13-20-9-8-17(3)12-18(20)4)14-22-25-21(15-29-22)23(28)24-10-11-26(6)7/h8-9,12,15-16,19H,10-11,13-14H2,1-7H3,(H,24,28). The van der Waals surface area contributed by atoms with Gasteiger partial charge in [0.1, 0.15) is 6.26 Å². The van der Waals surface area contributed by atoms with Gasteiger partial charge >= 0.3 is 0 Å². The van der Waals surface area contributed by atoms with Gasteiger partial charge in [0, 0.05) is 25.7 Å². The molecule has 0 bridgehead atoms. The van der Waals surface area contributed by atoms with E-state index >= 15 is 0 Å². The highest BCUT2D eigenvalue weighted by atomic mass is 16.3. The number of nitrogens with one attached hydrogen (secondary N) is 1. The number of aryl methyl sites for hydroxylation is 2. The predicted molar refractivity (Wildman–Crippen MR) is 117 cm³/mol.